The Balaban J connectivity index is 1.77. The maximum Gasteiger partial charge on any atom is 0.170 e. The zero-order valence-electron chi connectivity index (χ0n) is 9.89. The monoisotopic (exact) mass is 296 g/mol. The molecule has 0 saturated heterocycles. The van der Waals surface area contributed by atoms with Gasteiger partial charge in [-0.1, -0.05) is 16.9 Å². The fourth-order valence-electron chi connectivity index (χ4n) is 1.29. The summed E-state index contributed by atoms with van der Waals surface area (Å²) in [5.41, 5.74) is 6.12. The van der Waals surface area contributed by atoms with E-state index in [-0.39, 0.29) is 5.84 Å². The first-order valence-corrected chi connectivity index (χ1v) is 7.15. The molecule has 6 nitrogen and oxygen atoms in total. The van der Waals surface area contributed by atoms with E-state index in [0.717, 1.165) is 15.8 Å². The molecule has 0 fully saturated rings. The molecule has 0 atom stereocenters. The number of rotatable bonds is 6. The molecule has 0 amide bonds. The summed E-state index contributed by atoms with van der Waals surface area (Å²) in [6.07, 6.45) is 1.54. The molecule has 0 radical (unpaired) electrons. The summed E-state index contributed by atoms with van der Waals surface area (Å²) in [7, 11) is 0. The van der Waals surface area contributed by atoms with Crippen LogP contribution in [0.25, 0.3) is 0 Å². The highest BCUT2D eigenvalue weighted by molar-refractivity contribution is 8.00. The minimum absolute atomic E-state index is 0.0818. The van der Waals surface area contributed by atoms with Crippen LogP contribution in [0, 0.1) is 0 Å². The van der Waals surface area contributed by atoms with E-state index in [1.807, 2.05) is 0 Å². The Kier molecular flexibility index (Phi) is 4.99. The molecule has 1 aromatic heterocycles. The Morgan fingerprint density at radius 3 is 2.84 bits per heavy atom. The Hall–Kier alpha value is -1.80. The molecule has 0 unspecified atom stereocenters. The van der Waals surface area contributed by atoms with Crippen LogP contribution in [0.1, 0.15) is 5.56 Å². The zero-order valence-corrected chi connectivity index (χ0v) is 11.5. The Morgan fingerprint density at radius 2 is 2.21 bits per heavy atom. The quantitative estimate of drug-likeness (QED) is 0.211. The third-order valence-electron chi connectivity index (χ3n) is 2.18. The lowest BCUT2D eigenvalue weighted by atomic mass is 10.2. The molecule has 0 saturated carbocycles. The number of nitrogens with zero attached hydrogens (tertiary/aromatic N) is 3. The van der Waals surface area contributed by atoms with Gasteiger partial charge in [-0.15, -0.1) is 0 Å². The summed E-state index contributed by atoms with van der Waals surface area (Å²) in [5, 5.41) is 11.5. The van der Waals surface area contributed by atoms with E-state index in [9.17, 15) is 0 Å². The molecule has 3 N–H and O–H groups in total. The van der Waals surface area contributed by atoms with Crippen LogP contribution in [0.3, 0.4) is 0 Å². The summed E-state index contributed by atoms with van der Waals surface area (Å²) in [5.74, 6) is 1.63. The predicted octanol–water partition coefficient (Wildman–Crippen LogP) is 1.80. The van der Waals surface area contributed by atoms with Gasteiger partial charge in [0.25, 0.3) is 0 Å². The van der Waals surface area contributed by atoms with Crippen molar-refractivity contribution in [2.24, 2.45) is 10.9 Å². The van der Waals surface area contributed by atoms with Crippen molar-refractivity contribution in [1.29, 1.82) is 0 Å². The van der Waals surface area contributed by atoms with Crippen LogP contribution in [-0.2, 0) is 0 Å². The second-order valence-corrected chi connectivity index (χ2v) is 5.54. The lowest BCUT2D eigenvalue weighted by Gasteiger charge is -2.05. The number of amidine groups is 1. The van der Waals surface area contributed by atoms with Gasteiger partial charge in [0.15, 0.2) is 10.2 Å². The van der Waals surface area contributed by atoms with Crippen molar-refractivity contribution in [2.75, 3.05) is 12.4 Å². The van der Waals surface area contributed by atoms with E-state index in [4.69, 9.17) is 15.7 Å². The van der Waals surface area contributed by atoms with Crippen LogP contribution in [0.4, 0.5) is 0 Å². The molecule has 2 rings (SSSR count). The Labute approximate surface area is 118 Å². The number of aromatic nitrogens is 2. The topological polar surface area (TPSA) is 93.6 Å². The van der Waals surface area contributed by atoms with E-state index in [1.165, 1.54) is 11.5 Å². The van der Waals surface area contributed by atoms with Crippen LogP contribution in [-0.4, -0.2) is 32.8 Å². The fourth-order valence-corrected chi connectivity index (χ4v) is 2.63. The number of ether oxygens (including phenoxy) is 1. The first-order chi connectivity index (χ1) is 9.29. The molecule has 0 bridgehead atoms. The van der Waals surface area contributed by atoms with Crippen LogP contribution in [0.5, 0.6) is 5.75 Å². The van der Waals surface area contributed by atoms with Gasteiger partial charge in [0.05, 0.1) is 6.61 Å². The van der Waals surface area contributed by atoms with Gasteiger partial charge in [0.2, 0.25) is 0 Å². The van der Waals surface area contributed by atoms with E-state index < -0.39 is 0 Å². The van der Waals surface area contributed by atoms with E-state index in [0.29, 0.717) is 12.2 Å². The van der Waals surface area contributed by atoms with Gasteiger partial charge in [-0.05, 0) is 35.8 Å². The lowest BCUT2D eigenvalue weighted by Crippen LogP contribution is -2.12. The summed E-state index contributed by atoms with van der Waals surface area (Å²) >= 11 is 2.98. The number of nitrogens with two attached hydrogens (primary N) is 1. The Morgan fingerprint density at radius 1 is 1.42 bits per heavy atom. The third kappa shape index (κ3) is 4.11. The van der Waals surface area contributed by atoms with Crippen molar-refractivity contribution in [2.45, 2.75) is 4.34 Å². The molecule has 1 aromatic carbocycles. The molecule has 0 aliphatic heterocycles. The normalized spacial score (nSPS) is 11.5. The van der Waals surface area contributed by atoms with Crippen molar-refractivity contribution in [3.63, 3.8) is 0 Å². The third-order valence-corrected chi connectivity index (χ3v) is 3.94. The summed E-state index contributed by atoms with van der Waals surface area (Å²) in [6.45, 7) is 0.577. The minimum Gasteiger partial charge on any atom is -0.493 e. The minimum atomic E-state index is 0.0818. The van der Waals surface area contributed by atoms with Gasteiger partial charge in [0, 0.05) is 11.3 Å². The first kappa shape index (κ1) is 13.6. The lowest BCUT2D eigenvalue weighted by molar-refractivity contribution is 0.318. The summed E-state index contributed by atoms with van der Waals surface area (Å²) < 4.78 is 10.4. The van der Waals surface area contributed by atoms with Gasteiger partial charge < -0.3 is 15.7 Å². The molecule has 8 heteroatoms. The van der Waals surface area contributed by atoms with Crippen molar-refractivity contribution >= 4 is 29.1 Å². The highest BCUT2D eigenvalue weighted by Gasteiger charge is 2.01. The van der Waals surface area contributed by atoms with Gasteiger partial charge in [-0.2, -0.15) is 4.37 Å². The molecule has 0 aliphatic carbocycles. The van der Waals surface area contributed by atoms with Gasteiger partial charge >= 0.3 is 0 Å². The predicted molar refractivity (Wildman–Crippen MR) is 75.1 cm³/mol. The second-order valence-electron chi connectivity index (χ2n) is 3.41. The number of hydrogen-bond acceptors (Lipinski definition) is 7. The standard InChI is InChI=1S/C11H12N4O2S2/c12-10(15-16)8-1-3-9(4-2-8)17-5-6-18-11-13-7-14-19-11/h1-4,7,16H,5-6H2,(H2,12,15). The molecule has 1 heterocycles. The molecule has 19 heavy (non-hydrogen) atoms. The second kappa shape index (κ2) is 6.95. The molecular weight excluding hydrogens is 284 g/mol. The summed E-state index contributed by atoms with van der Waals surface area (Å²) in [6, 6.07) is 7.04. The SMILES string of the molecule is NC(=NO)c1ccc(OCCSc2ncns2)cc1. The van der Waals surface area contributed by atoms with Crippen LogP contribution in [0.15, 0.2) is 40.1 Å². The first-order valence-electron chi connectivity index (χ1n) is 5.40. The van der Waals surface area contributed by atoms with Crippen LogP contribution in [0.2, 0.25) is 0 Å². The average Bonchev–Trinajstić information content (AvgIpc) is 2.96. The van der Waals surface area contributed by atoms with Crippen molar-refractivity contribution in [3.05, 3.63) is 36.2 Å². The molecule has 0 aliphatic rings. The van der Waals surface area contributed by atoms with Crippen LogP contribution < -0.4 is 10.5 Å². The fraction of sp³-hybridized carbons (Fsp3) is 0.182. The van der Waals surface area contributed by atoms with Crippen molar-refractivity contribution in [3.8, 4) is 5.75 Å². The smallest absolute Gasteiger partial charge is 0.170 e. The molecule has 2 aromatic rings. The maximum atomic E-state index is 8.54. The van der Waals surface area contributed by atoms with E-state index in [2.05, 4.69) is 14.5 Å². The molecular formula is C11H12N4O2S2. The zero-order chi connectivity index (χ0) is 13.5. The summed E-state index contributed by atoms with van der Waals surface area (Å²) in [4.78, 5) is 4.07. The van der Waals surface area contributed by atoms with Crippen molar-refractivity contribution < 1.29 is 9.94 Å². The van der Waals surface area contributed by atoms with Gasteiger partial charge in [-0.3, -0.25) is 0 Å². The number of benzene rings is 1. The maximum absolute atomic E-state index is 8.54. The van der Waals surface area contributed by atoms with Crippen molar-refractivity contribution in [1.82, 2.24) is 9.36 Å². The van der Waals surface area contributed by atoms with Gasteiger partial charge in [0.1, 0.15) is 12.1 Å². The highest BCUT2D eigenvalue weighted by atomic mass is 32.2. The Bertz CT molecular complexity index is 528. The number of hydrogen-bond donors (Lipinski definition) is 2. The molecule has 0 spiro atoms. The average molecular weight is 296 g/mol. The van der Waals surface area contributed by atoms with Gasteiger partial charge in [-0.25, -0.2) is 4.98 Å². The number of oxime groups is 1. The highest BCUT2D eigenvalue weighted by Crippen LogP contribution is 2.18. The van der Waals surface area contributed by atoms with Crippen LogP contribution >= 0.6 is 23.3 Å². The van der Waals surface area contributed by atoms with E-state index in [1.54, 1.807) is 42.4 Å². The largest absolute Gasteiger partial charge is 0.493 e. The molecule has 100 valence electrons. The van der Waals surface area contributed by atoms with E-state index >= 15 is 0 Å². The number of thioether (sulfide) groups is 1.